The van der Waals surface area contributed by atoms with Crippen LogP contribution in [0.2, 0.25) is 5.02 Å². The quantitative estimate of drug-likeness (QED) is 0.331. The molecule has 1 aromatic heterocycles. The number of fused-ring (bicyclic) bond motifs is 1. The second kappa shape index (κ2) is 10.4. The molecule has 2 aromatic rings. The fraction of sp³-hybridized carbons (Fsp3) is 0.500. The van der Waals surface area contributed by atoms with E-state index in [2.05, 4.69) is 25.5 Å². The number of hydrogen-bond donors (Lipinski definition) is 4. The highest BCUT2D eigenvalue weighted by molar-refractivity contribution is 6.33. The predicted molar refractivity (Wildman–Crippen MR) is 125 cm³/mol. The molecule has 0 unspecified atom stereocenters. The minimum absolute atomic E-state index is 0.0580. The van der Waals surface area contributed by atoms with Gasteiger partial charge in [0.15, 0.2) is 0 Å². The molecule has 0 bridgehead atoms. The monoisotopic (exact) mass is 476 g/mol. The van der Waals surface area contributed by atoms with Crippen molar-refractivity contribution in [3.05, 3.63) is 34.5 Å². The molecule has 33 heavy (non-hydrogen) atoms. The third-order valence-corrected chi connectivity index (χ3v) is 6.37. The molecule has 0 spiro atoms. The smallest absolute Gasteiger partial charge is 0.255 e. The van der Waals surface area contributed by atoms with E-state index in [1.54, 1.807) is 13.2 Å². The number of likely N-dealkylation sites (tertiary alicyclic amines) is 1. The Morgan fingerprint density at radius 1 is 1.48 bits per heavy atom. The topological polar surface area (TPSA) is 135 Å². The van der Waals surface area contributed by atoms with Gasteiger partial charge in [0.25, 0.3) is 5.91 Å². The predicted octanol–water partition coefficient (Wildman–Crippen LogP) is 1.67. The van der Waals surface area contributed by atoms with Crippen molar-refractivity contribution in [3.63, 3.8) is 0 Å². The Hall–Kier alpha value is -2.82. The van der Waals surface area contributed by atoms with Gasteiger partial charge in [-0.25, -0.2) is 4.98 Å². The van der Waals surface area contributed by atoms with Crippen LogP contribution in [0.5, 0.6) is 11.6 Å². The first kappa shape index (κ1) is 23.3. The zero-order chi connectivity index (χ0) is 23.4. The molecule has 178 valence electrons. The fourth-order valence-corrected chi connectivity index (χ4v) is 4.53. The number of nitrogens with two attached hydrogens (primary N) is 1. The number of aromatic nitrogens is 2. The Labute approximate surface area is 197 Å². The minimum Gasteiger partial charge on any atom is -0.493 e. The molecular formula is C22H29ClN6O4. The summed E-state index contributed by atoms with van der Waals surface area (Å²) in [6, 6.07) is 2.89. The molecule has 2 aliphatic heterocycles. The maximum absolute atomic E-state index is 13.1. The molecule has 10 nitrogen and oxygen atoms in total. The molecular weight excluding hydrogens is 448 g/mol. The van der Waals surface area contributed by atoms with Crippen LogP contribution in [0.15, 0.2) is 18.3 Å². The Balaban J connectivity index is 1.29. The van der Waals surface area contributed by atoms with Gasteiger partial charge in [-0.05, 0) is 25.5 Å². The van der Waals surface area contributed by atoms with E-state index in [-0.39, 0.29) is 23.9 Å². The summed E-state index contributed by atoms with van der Waals surface area (Å²) < 4.78 is 11.4. The van der Waals surface area contributed by atoms with Gasteiger partial charge in [0.1, 0.15) is 5.75 Å². The molecule has 3 heterocycles. The van der Waals surface area contributed by atoms with Gasteiger partial charge in [-0.1, -0.05) is 11.6 Å². The zero-order valence-corrected chi connectivity index (χ0v) is 19.3. The van der Waals surface area contributed by atoms with Crippen molar-refractivity contribution in [2.75, 3.05) is 50.9 Å². The summed E-state index contributed by atoms with van der Waals surface area (Å²) in [6.45, 7) is 3.58. The number of nitrogens with zero attached hydrogens (tertiary/aromatic N) is 3. The molecule has 5 N–H and O–H groups in total. The van der Waals surface area contributed by atoms with Crippen molar-refractivity contribution in [2.45, 2.75) is 31.4 Å². The number of hydrogen-bond acceptors (Lipinski definition) is 9. The van der Waals surface area contributed by atoms with E-state index in [1.807, 2.05) is 0 Å². The molecule has 4 rings (SSSR count). The van der Waals surface area contributed by atoms with Gasteiger partial charge in [-0.15, -0.1) is 0 Å². The number of ether oxygens (including phenoxy) is 2. The van der Waals surface area contributed by atoms with Gasteiger partial charge < -0.3 is 35.8 Å². The van der Waals surface area contributed by atoms with Crippen LogP contribution in [0.1, 0.15) is 28.8 Å². The first-order valence-corrected chi connectivity index (χ1v) is 11.4. The molecule has 0 aliphatic carbocycles. The first-order valence-electron chi connectivity index (χ1n) is 11.0. The van der Waals surface area contributed by atoms with E-state index >= 15 is 0 Å². The number of anilines is 2. The number of methoxy groups -OCH3 is 1. The SMILES string of the molecule is CO[C@H]1CN(CCCNc2nccc(O)n2)CC[C@H]1NC(=O)c1cc(Cl)c(N)c2c1OCC2. The summed E-state index contributed by atoms with van der Waals surface area (Å²) in [4.78, 5) is 23.3. The zero-order valence-electron chi connectivity index (χ0n) is 18.5. The lowest BCUT2D eigenvalue weighted by Crippen LogP contribution is -2.55. The third kappa shape index (κ3) is 5.40. The van der Waals surface area contributed by atoms with E-state index in [1.165, 1.54) is 12.3 Å². The normalized spacial score (nSPS) is 20.2. The number of carbonyl (C=O) groups is 1. The van der Waals surface area contributed by atoms with E-state index < -0.39 is 0 Å². The number of piperidine rings is 1. The van der Waals surface area contributed by atoms with E-state index in [4.69, 9.17) is 26.8 Å². The first-order chi connectivity index (χ1) is 16.0. The molecule has 2 atom stereocenters. The summed E-state index contributed by atoms with van der Waals surface area (Å²) in [6.07, 6.45) is 3.65. The maximum atomic E-state index is 13.1. The van der Waals surface area contributed by atoms with Gasteiger partial charge in [0.05, 0.1) is 35.0 Å². The van der Waals surface area contributed by atoms with Crippen LogP contribution >= 0.6 is 11.6 Å². The van der Waals surface area contributed by atoms with Crippen LogP contribution in [0.25, 0.3) is 0 Å². The highest BCUT2D eigenvalue weighted by atomic mass is 35.5. The lowest BCUT2D eigenvalue weighted by molar-refractivity contribution is 0.00637. The molecule has 0 saturated carbocycles. The molecule has 1 saturated heterocycles. The summed E-state index contributed by atoms with van der Waals surface area (Å²) >= 11 is 6.25. The highest BCUT2D eigenvalue weighted by Gasteiger charge is 2.32. The summed E-state index contributed by atoms with van der Waals surface area (Å²) in [5.74, 6) is 0.650. The van der Waals surface area contributed by atoms with Crippen LogP contribution in [0.3, 0.4) is 0 Å². The number of rotatable bonds is 8. The van der Waals surface area contributed by atoms with Gasteiger partial charge >= 0.3 is 0 Å². The number of carbonyl (C=O) groups excluding carboxylic acids is 1. The van der Waals surface area contributed by atoms with Crippen molar-refractivity contribution < 1.29 is 19.4 Å². The maximum Gasteiger partial charge on any atom is 0.255 e. The number of nitrogens with one attached hydrogen (secondary N) is 2. The number of amides is 1. The van der Waals surface area contributed by atoms with E-state index in [9.17, 15) is 9.90 Å². The Bertz CT molecular complexity index is 1010. The van der Waals surface area contributed by atoms with Crippen LogP contribution < -0.4 is 21.1 Å². The average molecular weight is 477 g/mol. The highest BCUT2D eigenvalue weighted by Crippen LogP contribution is 2.38. The van der Waals surface area contributed by atoms with Crippen molar-refractivity contribution >= 4 is 29.1 Å². The van der Waals surface area contributed by atoms with Gasteiger partial charge in [0.2, 0.25) is 11.8 Å². The number of aromatic hydroxyl groups is 1. The van der Waals surface area contributed by atoms with Crippen molar-refractivity contribution in [2.24, 2.45) is 0 Å². The largest absolute Gasteiger partial charge is 0.493 e. The van der Waals surface area contributed by atoms with Crippen molar-refractivity contribution in [1.29, 1.82) is 0 Å². The van der Waals surface area contributed by atoms with Crippen LogP contribution in [0, 0.1) is 0 Å². The third-order valence-electron chi connectivity index (χ3n) is 6.05. The fourth-order valence-electron chi connectivity index (χ4n) is 4.31. The lowest BCUT2D eigenvalue weighted by Gasteiger charge is -2.38. The second-order valence-corrected chi connectivity index (χ2v) is 8.60. The molecule has 1 aromatic carbocycles. The number of benzene rings is 1. The van der Waals surface area contributed by atoms with Crippen LogP contribution in [0.4, 0.5) is 11.6 Å². The molecule has 11 heteroatoms. The second-order valence-electron chi connectivity index (χ2n) is 8.19. The summed E-state index contributed by atoms with van der Waals surface area (Å²) in [5, 5.41) is 16.0. The van der Waals surface area contributed by atoms with Gasteiger partial charge in [-0.2, -0.15) is 4.98 Å². The van der Waals surface area contributed by atoms with Gasteiger partial charge in [0, 0.05) is 51.0 Å². The lowest BCUT2D eigenvalue weighted by atomic mass is 10.00. The molecule has 1 amide bonds. The van der Waals surface area contributed by atoms with E-state index in [0.29, 0.717) is 54.1 Å². The standard InChI is InChI=1S/C22H29ClN6O4/c1-32-17-12-29(8-2-6-25-22-26-7-3-18(30)28-22)9-4-16(17)27-21(31)14-11-15(23)19(24)13-5-10-33-20(13)14/h3,7,11,16-17H,2,4-6,8-10,12,24H2,1H3,(H,27,31)(H2,25,26,28,30)/t16-,17+/m1/s1. The molecule has 2 aliphatic rings. The summed E-state index contributed by atoms with van der Waals surface area (Å²) in [7, 11) is 1.66. The number of halogens is 1. The van der Waals surface area contributed by atoms with E-state index in [0.717, 1.165) is 31.5 Å². The van der Waals surface area contributed by atoms with Crippen LogP contribution in [-0.2, 0) is 11.2 Å². The Morgan fingerprint density at radius 2 is 2.33 bits per heavy atom. The van der Waals surface area contributed by atoms with Gasteiger partial charge in [-0.3, -0.25) is 4.79 Å². The minimum atomic E-state index is -0.231. The average Bonchev–Trinajstić information content (AvgIpc) is 3.30. The van der Waals surface area contributed by atoms with Crippen molar-refractivity contribution in [3.8, 4) is 11.6 Å². The Kier molecular flexibility index (Phi) is 7.36. The Morgan fingerprint density at radius 3 is 3.12 bits per heavy atom. The molecule has 0 radical (unpaired) electrons. The molecule has 1 fully saturated rings. The van der Waals surface area contributed by atoms with Crippen molar-refractivity contribution in [1.82, 2.24) is 20.2 Å². The summed E-state index contributed by atoms with van der Waals surface area (Å²) in [5.41, 5.74) is 7.74. The number of nitrogen functional groups attached to an aromatic ring is 1. The van der Waals surface area contributed by atoms with Crippen LogP contribution in [-0.4, -0.2) is 77.9 Å².